The van der Waals surface area contributed by atoms with Crippen molar-refractivity contribution in [2.75, 3.05) is 19.6 Å². The van der Waals surface area contributed by atoms with Gasteiger partial charge in [-0.3, -0.25) is 4.90 Å². The van der Waals surface area contributed by atoms with Crippen molar-refractivity contribution in [3.63, 3.8) is 0 Å². The molecule has 0 amide bonds. The number of nitrogens with one attached hydrogen (secondary N) is 1. The van der Waals surface area contributed by atoms with Gasteiger partial charge >= 0.3 is 0 Å². The Kier molecular flexibility index (Phi) is 5.38. The van der Waals surface area contributed by atoms with Crippen LogP contribution in [-0.2, 0) is 4.74 Å². The van der Waals surface area contributed by atoms with E-state index in [-0.39, 0.29) is 11.2 Å². The fourth-order valence-corrected chi connectivity index (χ4v) is 4.59. The van der Waals surface area contributed by atoms with Crippen molar-refractivity contribution in [3.05, 3.63) is 0 Å². The molecule has 1 heterocycles. The summed E-state index contributed by atoms with van der Waals surface area (Å²) in [5, 5.41) is 3.75. The second kappa shape index (κ2) is 6.55. The first-order chi connectivity index (χ1) is 9.76. The van der Waals surface area contributed by atoms with Gasteiger partial charge in [-0.2, -0.15) is 0 Å². The highest BCUT2D eigenvalue weighted by Gasteiger charge is 2.43. The van der Waals surface area contributed by atoms with Gasteiger partial charge in [-0.15, -0.1) is 0 Å². The summed E-state index contributed by atoms with van der Waals surface area (Å²) in [4.78, 5) is 2.72. The molecule has 0 spiro atoms. The second-order valence-corrected chi connectivity index (χ2v) is 8.35. The summed E-state index contributed by atoms with van der Waals surface area (Å²) in [6, 6.07) is 1.33. The molecular weight excluding hydrogens is 260 g/mol. The zero-order chi connectivity index (χ0) is 15.7. The van der Waals surface area contributed by atoms with Crippen LogP contribution in [0.15, 0.2) is 0 Å². The van der Waals surface area contributed by atoms with Crippen LogP contribution in [0.5, 0.6) is 0 Å². The van der Waals surface area contributed by atoms with E-state index in [0.717, 1.165) is 25.6 Å². The third kappa shape index (κ3) is 4.43. The summed E-state index contributed by atoms with van der Waals surface area (Å²) in [7, 11) is 0. The Bertz CT molecular complexity index is 324. The number of ether oxygens (including phenoxy) is 1. The summed E-state index contributed by atoms with van der Waals surface area (Å²) in [5.41, 5.74) is -0.0880. The Balaban J connectivity index is 2.14. The lowest BCUT2D eigenvalue weighted by atomic mass is 9.79. The van der Waals surface area contributed by atoms with Gasteiger partial charge in [0, 0.05) is 25.2 Å². The first kappa shape index (κ1) is 17.2. The Labute approximate surface area is 131 Å². The van der Waals surface area contributed by atoms with E-state index in [1.165, 1.54) is 25.7 Å². The Hall–Kier alpha value is -0.120. The topological polar surface area (TPSA) is 24.5 Å². The largest absolute Gasteiger partial charge is 0.367 e. The number of hydrogen-bond acceptors (Lipinski definition) is 3. The molecule has 124 valence electrons. The standard InChI is InChI=1S/C18H36N2O/c1-7-14-9-10-15(19-8-2)16(11-14)20-12-17(3,4)21-18(5,6)13-20/h14-16,19H,7-13H2,1-6H3. The summed E-state index contributed by atoms with van der Waals surface area (Å²) in [6.45, 7) is 16.7. The first-order valence-corrected chi connectivity index (χ1v) is 8.94. The van der Waals surface area contributed by atoms with Crippen LogP contribution >= 0.6 is 0 Å². The number of morpholine rings is 1. The predicted octanol–water partition coefficient (Wildman–Crippen LogP) is 3.43. The van der Waals surface area contributed by atoms with Gasteiger partial charge in [-0.05, 0) is 59.4 Å². The van der Waals surface area contributed by atoms with Crippen LogP contribution in [0, 0.1) is 5.92 Å². The molecule has 1 N–H and O–H groups in total. The van der Waals surface area contributed by atoms with Gasteiger partial charge in [0.25, 0.3) is 0 Å². The van der Waals surface area contributed by atoms with Gasteiger partial charge in [-0.1, -0.05) is 20.3 Å². The molecule has 2 rings (SSSR count). The van der Waals surface area contributed by atoms with Crippen molar-refractivity contribution < 1.29 is 4.74 Å². The third-order valence-corrected chi connectivity index (χ3v) is 5.16. The maximum atomic E-state index is 6.27. The van der Waals surface area contributed by atoms with Crippen molar-refractivity contribution in [2.45, 2.75) is 90.5 Å². The lowest BCUT2D eigenvalue weighted by molar-refractivity contribution is -0.192. The average molecular weight is 296 g/mol. The van der Waals surface area contributed by atoms with E-state index in [9.17, 15) is 0 Å². The summed E-state index contributed by atoms with van der Waals surface area (Å²) < 4.78 is 6.27. The highest BCUT2D eigenvalue weighted by Crippen LogP contribution is 2.35. The van der Waals surface area contributed by atoms with E-state index in [4.69, 9.17) is 4.74 Å². The van der Waals surface area contributed by atoms with Crippen LogP contribution in [-0.4, -0.2) is 47.8 Å². The van der Waals surface area contributed by atoms with Crippen LogP contribution in [0.1, 0.15) is 67.2 Å². The predicted molar refractivity (Wildman–Crippen MR) is 89.7 cm³/mol. The molecule has 3 atom stereocenters. The normalized spacial score (nSPS) is 36.6. The maximum Gasteiger partial charge on any atom is 0.0760 e. The fraction of sp³-hybridized carbons (Fsp3) is 1.00. The zero-order valence-corrected chi connectivity index (χ0v) is 15.0. The van der Waals surface area contributed by atoms with Gasteiger partial charge in [-0.25, -0.2) is 0 Å². The first-order valence-electron chi connectivity index (χ1n) is 8.94. The Morgan fingerprint density at radius 3 is 2.19 bits per heavy atom. The molecule has 1 aliphatic carbocycles. The minimum absolute atomic E-state index is 0.0440. The SMILES string of the molecule is CCNC1CCC(CC)CC1N1CC(C)(C)OC(C)(C)C1. The fourth-order valence-electron chi connectivity index (χ4n) is 4.59. The quantitative estimate of drug-likeness (QED) is 0.860. The minimum Gasteiger partial charge on any atom is -0.367 e. The average Bonchev–Trinajstić information content (AvgIpc) is 2.36. The smallest absolute Gasteiger partial charge is 0.0760 e. The Morgan fingerprint density at radius 1 is 1.05 bits per heavy atom. The maximum absolute atomic E-state index is 6.27. The number of hydrogen-bond donors (Lipinski definition) is 1. The molecule has 3 nitrogen and oxygen atoms in total. The minimum atomic E-state index is -0.0440. The molecule has 0 bridgehead atoms. The van der Waals surface area contributed by atoms with Gasteiger partial charge in [0.05, 0.1) is 11.2 Å². The van der Waals surface area contributed by atoms with E-state index >= 15 is 0 Å². The second-order valence-electron chi connectivity index (χ2n) is 8.35. The van der Waals surface area contributed by atoms with Crippen LogP contribution in [0.25, 0.3) is 0 Å². The number of likely N-dealkylation sites (N-methyl/N-ethyl adjacent to an activating group) is 1. The molecule has 1 saturated heterocycles. The van der Waals surface area contributed by atoms with Crippen LogP contribution in [0.3, 0.4) is 0 Å². The van der Waals surface area contributed by atoms with Gasteiger partial charge < -0.3 is 10.1 Å². The van der Waals surface area contributed by atoms with E-state index in [1.807, 2.05) is 0 Å². The van der Waals surface area contributed by atoms with E-state index < -0.39 is 0 Å². The van der Waals surface area contributed by atoms with Crippen molar-refractivity contribution in [1.82, 2.24) is 10.2 Å². The Morgan fingerprint density at radius 2 is 1.67 bits per heavy atom. The molecule has 21 heavy (non-hydrogen) atoms. The third-order valence-electron chi connectivity index (χ3n) is 5.16. The molecule has 0 aromatic carbocycles. The van der Waals surface area contributed by atoms with Crippen LogP contribution in [0.2, 0.25) is 0 Å². The van der Waals surface area contributed by atoms with Crippen LogP contribution in [0.4, 0.5) is 0 Å². The molecular formula is C18H36N2O. The molecule has 2 aliphatic rings. The molecule has 3 unspecified atom stereocenters. The summed E-state index contributed by atoms with van der Waals surface area (Å²) in [6.07, 6.45) is 5.39. The van der Waals surface area contributed by atoms with Crippen molar-refractivity contribution in [2.24, 2.45) is 5.92 Å². The molecule has 1 aliphatic heterocycles. The molecule has 0 aromatic rings. The summed E-state index contributed by atoms with van der Waals surface area (Å²) in [5.74, 6) is 0.902. The van der Waals surface area contributed by atoms with E-state index in [0.29, 0.717) is 12.1 Å². The van der Waals surface area contributed by atoms with Crippen LogP contribution < -0.4 is 5.32 Å². The van der Waals surface area contributed by atoms with E-state index in [1.54, 1.807) is 0 Å². The lowest BCUT2D eigenvalue weighted by Crippen LogP contribution is -2.64. The van der Waals surface area contributed by atoms with Crippen molar-refractivity contribution >= 4 is 0 Å². The highest BCUT2D eigenvalue weighted by molar-refractivity contribution is 4.97. The number of nitrogens with zero attached hydrogens (tertiary/aromatic N) is 1. The van der Waals surface area contributed by atoms with Gasteiger partial charge in [0.1, 0.15) is 0 Å². The van der Waals surface area contributed by atoms with Crippen molar-refractivity contribution in [3.8, 4) is 0 Å². The van der Waals surface area contributed by atoms with E-state index in [2.05, 4.69) is 51.8 Å². The monoisotopic (exact) mass is 296 g/mol. The number of rotatable bonds is 4. The van der Waals surface area contributed by atoms with Crippen molar-refractivity contribution in [1.29, 1.82) is 0 Å². The molecule has 1 saturated carbocycles. The molecule has 3 heteroatoms. The highest BCUT2D eigenvalue weighted by atomic mass is 16.5. The van der Waals surface area contributed by atoms with Gasteiger partial charge in [0.2, 0.25) is 0 Å². The summed E-state index contributed by atoms with van der Waals surface area (Å²) >= 11 is 0. The zero-order valence-electron chi connectivity index (χ0n) is 15.0. The molecule has 0 aromatic heterocycles. The van der Waals surface area contributed by atoms with Gasteiger partial charge in [0.15, 0.2) is 0 Å². The molecule has 2 fully saturated rings. The molecule has 0 radical (unpaired) electrons. The lowest BCUT2D eigenvalue weighted by Gasteiger charge is -2.53.